The molecular weight excluding hydrogens is 320 g/mol. The van der Waals surface area contributed by atoms with E-state index in [0.29, 0.717) is 19.3 Å². The van der Waals surface area contributed by atoms with Crippen molar-refractivity contribution in [3.63, 3.8) is 0 Å². The lowest BCUT2D eigenvalue weighted by Gasteiger charge is -2.07. The molecule has 0 amide bonds. The molecule has 0 fully saturated rings. The molecule has 0 aliphatic rings. The second-order valence-electron chi connectivity index (χ2n) is 4.37. The quantitative estimate of drug-likeness (QED) is 0.417. The Labute approximate surface area is 126 Å². The molecule has 1 unspecified atom stereocenters. The predicted octanol–water partition coefficient (Wildman–Crippen LogP) is 1.64. The van der Waals surface area contributed by atoms with Gasteiger partial charge in [-0.25, -0.2) is 0 Å². The fourth-order valence-corrected chi connectivity index (χ4v) is 2.95. The van der Waals surface area contributed by atoms with Gasteiger partial charge in [-0.15, -0.1) is 0 Å². The van der Waals surface area contributed by atoms with E-state index in [2.05, 4.69) is 18.9 Å². The number of hydrogen-bond acceptors (Lipinski definition) is 8. The number of rotatable bonds is 11. The van der Waals surface area contributed by atoms with E-state index in [1.165, 1.54) is 6.92 Å². The van der Waals surface area contributed by atoms with Crippen LogP contribution in [-0.4, -0.2) is 40.3 Å². The Morgan fingerprint density at radius 3 is 2.10 bits per heavy atom. The van der Waals surface area contributed by atoms with E-state index >= 15 is 0 Å². The lowest BCUT2D eigenvalue weighted by Crippen LogP contribution is -2.18. The van der Waals surface area contributed by atoms with Crippen molar-refractivity contribution < 1.29 is 25.4 Å². The fourth-order valence-electron chi connectivity index (χ4n) is 1.21. The summed E-state index contributed by atoms with van der Waals surface area (Å²) >= 11 is 0. The average molecular weight is 342 g/mol. The highest BCUT2D eigenvalue weighted by atomic mass is 32.2. The van der Waals surface area contributed by atoms with E-state index in [1.54, 1.807) is 0 Å². The molecule has 0 aromatic heterocycles. The summed E-state index contributed by atoms with van der Waals surface area (Å²) in [5, 5.41) is 5.69. The Morgan fingerprint density at radius 2 is 1.57 bits per heavy atom. The van der Waals surface area contributed by atoms with Crippen molar-refractivity contribution in [1.82, 2.24) is 0 Å². The molecule has 0 aliphatic heterocycles. The van der Waals surface area contributed by atoms with Crippen LogP contribution in [0.1, 0.15) is 46.5 Å². The Morgan fingerprint density at radius 1 is 1.00 bits per heavy atom. The lowest BCUT2D eigenvalue weighted by molar-refractivity contribution is 0.331. The molecular formula is C11H22N2O6S2. The third-order valence-electron chi connectivity index (χ3n) is 2.43. The van der Waals surface area contributed by atoms with Crippen LogP contribution in [0.15, 0.2) is 10.3 Å². The van der Waals surface area contributed by atoms with Crippen LogP contribution in [0.2, 0.25) is 0 Å². The molecule has 0 aliphatic carbocycles. The third-order valence-corrected chi connectivity index (χ3v) is 5.04. The van der Waals surface area contributed by atoms with Gasteiger partial charge in [-0.2, -0.15) is 16.8 Å². The minimum Gasteiger partial charge on any atom is -0.268 e. The molecule has 21 heavy (non-hydrogen) atoms. The van der Waals surface area contributed by atoms with Gasteiger partial charge in [0.25, 0.3) is 0 Å². The first-order valence-electron chi connectivity index (χ1n) is 6.64. The predicted molar refractivity (Wildman–Crippen MR) is 81.1 cm³/mol. The first-order chi connectivity index (χ1) is 9.75. The summed E-state index contributed by atoms with van der Waals surface area (Å²) in [5.74, 6) is -0.128. The maximum absolute atomic E-state index is 11.5. The highest BCUT2D eigenvalue weighted by Crippen LogP contribution is 2.09. The normalized spacial score (nSPS) is 14.6. The number of oxime groups is 2. The van der Waals surface area contributed by atoms with Crippen LogP contribution in [0.4, 0.5) is 0 Å². The van der Waals surface area contributed by atoms with Gasteiger partial charge in [0, 0.05) is 0 Å². The van der Waals surface area contributed by atoms with E-state index < -0.39 is 25.5 Å². The van der Waals surface area contributed by atoms with Crippen LogP contribution in [-0.2, 0) is 28.8 Å². The van der Waals surface area contributed by atoms with Crippen LogP contribution in [0.25, 0.3) is 0 Å². The van der Waals surface area contributed by atoms with E-state index in [4.69, 9.17) is 0 Å². The van der Waals surface area contributed by atoms with Crippen molar-refractivity contribution in [3.8, 4) is 0 Å². The van der Waals surface area contributed by atoms with Crippen LogP contribution in [0, 0.1) is 0 Å². The van der Waals surface area contributed by atoms with Crippen molar-refractivity contribution in [1.29, 1.82) is 0 Å². The van der Waals surface area contributed by atoms with Gasteiger partial charge in [0.15, 0.2) is 0 Å². The summed E-state index contributed by atoms with van der Waals surface area (Å²) in [6, 6.07) is 0. The zero-order valence-electron chi connectivity index (χ0n) is 12.4. The zero-order chi connectivity index (χ0) is 16.4. The van der Waals surface area contributed by atoms with Crippen molar-refractivity contribution in [2.24, 2.45) is 10.3 Å². The maximum atomic E-state index is 11.5. The van der Waals surface area contributed by atoms with Crippen molar-refractivity contribution in [3.05, 3.63) is 0 Å². The third kappa shape index (κ3) is 9.40. The molecule has 0 aromatic carbocycles. The summed E-state index contributed by atoms with van der Waals surface area (Å²) in [5.41, 5.74) is 0. The number of unbranched alkanes of at least 4 members (excludes halogenated alkanes) is 1. The molecule has 10 heteroatoms. The monoisotopic (exact) mass is 342 g/mol. The smallest absolute Gasteiger partial charge is 0.268 e. The first kappa shape index (κ1) is 19.8. The van der Waals surface area contributed by atoms with Crippen LogP contribution in [0.3, 0.4) is 0 Å². The van der Waals surface area contributed by atoms with Crippen LogP contribution < -0.4 is 0 Å². The molecule has 0 N–H and O–H groups in total. The van der Waals surface area contributed by atoms with Gasteiger partial charge >= 0.3 is 20.2 Å². The van der Waals surface area contributed by atoms with Gasteiger partial charge in [0.1, 0.15) is 0 Å². The molecule has 8 nitrogen and oxygen atoms in total. The summed E-state index contributed by atoms with van der Waals surface area (Å²) in [6.45, 7) is 5.23. The first-order valence-corrected chi connectivity index (χ1v) is 9.69. The van der Waals surface area contributed by atoms with Crippen molar-refractivity contribution >= 4 is 32.7 Å². The Hall–Kier alpha value is -1.16. The van der Waals surface area contributed by atoms with Gasteiger partial charge in [-0.1, -0.05) is 37.0 Å². The summed E-state index contributed by atoms with van der Waals surface area (Å²) < 4.78 is 54.2. The topological polar surface area (TPSA) is 111 Å². The van der Waals surface area contributed by atoms with E-state index in [-0.39, 0.29) is 5.75 Å². The zero-order valence-corrected chi connectivity index (χ0v) is 14.1. The lowest BCUT2D eigenvalue weighted by atomic mass is 10.3. The van der Waals surface area contributed by atoms with Gasteiger partial charge in [0.2, 0.25) is 0 Å². The molecule has 0 spiro atoms. The summed E-state index contributed by atoms with van der Waals surface area (Å²) in [7, 11) is -7.47. The Balaban J connectivity index is 4.26. The molecule has 1 atom stereocenters. The summed E-state index contributed by atoms with van der Waals surface area (Å²) in [6.07, 6.45) is 4.15. The number of nitrogens with zero attached hydrogens (tertiary/aromatic N) is 2. The van der Waals surface area contributed by atoms with Gasteiger partial charge in [-0.05, 0) is 19.8 Å². The Bertz CT molecular complexity index is 539. The number of hydrogen-bond donors (Lipinski definition) is 0. The van der Waals surface area contributed by atoms with Crippen molar-refractivity contribution in [2.75, 3.05) is 5.75 Å². The summed E-state index contributed by atoms with van der Waals surface area (Å²) in [4.78, 5) is 0. The molecule has 0 saturated carbocycles. The van der Waals surface area contributed by atoms with Crippen molar-refractivity contribution in [2.45, 2.75) is 51.7 Å². The molecule has 0 radical (unpaired) electrons. The highest BCUT2D eigenvalue weighted by Gasteiger charge is 2.21. The second-order valence-corrected chi connectivity index (χ2v) is 7.98. The van der Waals surface area contributed by atoms with E-state index in [9.17, 15) is 16.8 Å². The highest BCUT2D eigenvalue weighted by molar-refractivity contribution is 7.87. The van der Waals surface area contributed by atoms with Crippen LogP contribution >= 0.6 is 0 Å². The van der Waals surface area contributed by atoms with Gasteiger partial charge in [0.05, 0.1) is 23.4 Å². The largest absolute Gasteiger partial charge is 0.331 e. The SMILES string of the molecule is CCCCS(=O)(=O)ON=CC=NOS(=O)(=O)C(C)CCC. The molecule has 124 valence electrons. The van der Waals surface area contributed by atoms with Gasteiger partial charge in [-0.3, -0.25) is 8.57 Å². The Kier molecular flexibility index (Phi) is 9.18. The second kappa shape index (κ2) is 9.72. The fraction of sp³-hybridized carbons (Fsp3) is 0.818. The molecule has 0 aromatic rings. The molecule has 0 saturated heterocycles. The van der Waals surface area contributed by atoms with E-state index in [1.807, 2.05) is 13.8 Å². The minimum absolute atomic E-state index is 0.128. The van der Waals surface area contributed by atoms with Crippen LogP contribution in [0.5, 0.6) is 0 Å². The standard InChI is InChI=1S/C11H22N2O6S2/c1-4-6-10-20(14,15)18-12-8-9-13-19-21(16,17)11(3)7-5-2/h8-9,11H,4-7,10H2,1-3H3. The van der Waals surface area contributed by atoms with Gasteiger partial charge < -0.3 is 0 Å². The maximum Gasteiger partial charge on any atom is 0.331 e. The average Bonchev–Trinajstić information content (AvgIpc) is 2.40. The molecule has 0 bridgehead atoms. The van der Waals surface area contributed by atoms with E-state index in [0.717, 1.165) is 18.9 Å². The minimum atomic E-state index is -3.77. The molecule has 0 rings (SSSR count). The molecule has 0 heterocycles.